The molecule has 0 heterocycles. The molecule has 0 amide bonds. The van der Waals surface area contributed by atoms with Crippen LogP contribution in [0.5, 0.6) is 5.75 Å². The van der Waals surface area contributed by atoms with Crippen LogP contribution >= 0.6 is 0 Å². The molecule has 4 nitrogen and oxygen atoms in total. The molecule has 0 radical (unpaired) electrons. The molecule has 0 aliphatic heterocycles. The molecule has 2 aromatic carbocycles. The topological polar surface area (TPSA) is 60.4 Å². The van der Waals surface area contributed by atoms with Gasteiger partial charge in [0.1, 0.15) is 5.75 Å². The van der Waals surface area contributed by atoms with Crippen molar-refractivity contribution in [1.29, 1.82) is 0 Å². The largest absolute Gasteiger partial charge is 0.497 e. The Kier molecular flexibility index (Phi) is 5.68. The summed E-state index contributed by atoms with van der Waals surface area (Å²) >= 11 is 0. The van der Waals surface area contributed by atoms with Crippen molar-refractivity contribution in [3.63, 3.8) is 0 Å². The van der Waals surface area contributed by atoms with Crippen LogP contribution in [0.25, 0.3) is 0 Å². The Morgan fingerprint density at radius 3 is 2.00 bits per heavy atom. The third kappa shape index (κ3) is 4.92. The minimum absolute atomic E-state index is 0.0132. The molecule has 0 fully saturated rings. The molecule has 0 bridgehead atoms. The van der Waals surface area contributed by atoms with Crippen molar-refractivity contribution in [3.05, 3.63) is 59.7 Å². The van der Waals surface area contributed by atoms with Gasteiger partial charge in [-0.1, -0.05) is 45.0 Å². The molecule has 134 valence electrons. The average molecular weight is 360 g/mol. The van der Waals surface area contributed by atoms with Crippen LogP contribution in [0.3, 0.4) is 0 Å². The van der Waals surface area contributed by atoms with Gasteiger partial charge in [-0.25, -0.2) is 8.42 Å². The molecule has 0 spiro atoms. The highest BCUT2D eigenvalue weighted by atomic mass is 32.2. The highest BCUT2D eigenvalue weighted by molar-refractivity contribution is 7.91. The van der Waals surface area contributed by atoms with E-state index < -0.39 is 9.84 Å². The predicted molar refractivity (Wildman–Crippen MR) is 99.1 cm³/mol. The Bertz CT molecular complexity index is 827. The number of carbonyl (C=O) groups excluding carboxylic acids is 1. The van der Waals surface area contributed by atoms with E-state index in [2.05, 4.69) is 20.8 Å². The van der Waals surface area contributed by atoms with Crippen LogP contribution < -0.4 is 4.74 Å². The first-order chi connectivity index (χ1) is 11.6. The third-order valence-electron chi connectivity index (χ3n) is 4.09. The van der Waals surface area contributed by atoms with E-state index in [1.54, 1.807) is 24.3 Å². The Labute approximate surface area is 149 Å². The number of hydrogen-bond acceptors (Lipinski definition) is 4. The first-order valence-corrected chi connectivity index (χ1v) is 9.79. The second-order valence-electron chi connectivity index (χ2n) is 6.99. The molecular weight excluding hydrogens is 336 g/mol. The fourth-order valence-electron chi connectivity index (χ4n) is 2.43. The van der Waals surface area contributed by atoms with Crippen LogP contribution in [0.4, 0.5) is 0 Å². The number of sulfone groups is 1. The summed E-state index contributed by atoms with van der Waals surface area (Å²) in [6.07, 6.45) is -0.0385. The number of benzene rings is 2. The average Bonchev–Trinajstić information content (AvgIpc) is 2.59. The van der Waals surface area contributed by atoms with Gasteiger partial charge in [0.25, 0.3) is 0 Å². The third-order valence-corrected chi connectivity index (χ3v) is 5.82. The number of hydrogen-bond donors (Lipinski definition) is 0. The van der Waals surface area contributed by atoms with E-state index >= 15 is 0 Å². The fraction of sp³-hybridized carbons (Fsp3) is 0.350. The molecule has 25 heavy (non-hydrogen) atoms. The van der Waals surface area contributed by atoms with E-state index in [0.29, 0.717) is 11.3 Å². The van der Waals surface area contributed by atoms with Gasteiger partial charge >= 0.3 is 0 Å². The van der Waals surface area contributed by atoms with E-state index in [1.807, 2.05) is 12.1 Å². The highest BCUT2D eigenvalue weighted by Crippen LogP contribution is 2.23. The maximum Gasteiger partial charge on any atom is 0.178 e. The first kappa shape index (κ1) is 19.2. The van der Waals surface area contributed by atoms with Gasteiger partial charge in [0, 0.05) is 12.0 Å². The van der Waals surface area contributed by atoms with Gasteiger partial charge in [-0.2, -0.15) is 0 Å². The lowest BCUT2D eigenvalue weighted by Gasteiger charge is -2.19. The lowest BCUT2D eigenvalue weighted by Crippen LogP contribution is -2.13. The SMILES string of the molecule is COc1ccc(S(=O)(=O)CCC(=O)c2ccc(C(C)(C)C)cc2)cc1. The van der Waals surface area contributed by atoms with Crippen molar-refractivity contribution in [2.45, 2.75) is 37.5 Å². The molecular formula is C20H24O4S. The molecule has 0 aliphatic rings. The van der Waals surface area contributed by atoms with E-state index in [1.165, 1.54) is 19.2 Å². The summed E-state index contributed by atoms with van der Waals surface area (Å²) in [7, 11) is -1.98. The smallest absolute Gasteiger partial charge is 0.178 e. The van der Waals surface area contributed by atoms with Crippen molar-refractivity contribution < 1.29 is 17.9 Å². The van der Waals surface area contributed by atoms with Crippen LogP contribution in [-0.2, 0) is 15.3 Å². The molecule has 0 N–H and O–H groups in total. The van der Waals surface area contributed by atoms with Crippen LogP contribution in [0.15, 0.2) is 53.4 Å². The Hall–Kier alpha value is -2.14. The molecule has 0 aliphatic carbocycles. The zero-order chi connectivity index (χ0) is 18.7. The second kappa shape index (κ2) is 7.40. The zero-order valence-electron chi connectivity index (χ0n) is 15.1. The molecule has 0 unspecified atom stereocenters. The molecule has 2 rings (SSSR count). The Balaban J connectivity index is 2.05. The van der Waals surface area contributed by atoms with Crippen molar-refractivity contribution in [2.24, 2.45) is 0 Å². The lowest BCUT2D eigenvalue weighted by molar-refractivity contribution is 0.0988. The first-order valence-electron chi connectivity index (χ1n) is 8.14. The van der Waals surface area contributed by atoms with E-state index in [-0.39, 0.29) is 28.3 Å². The van der Waals surface area contributed by atoms with Crippen LogP contribution in [0.1, 0.15) is 43.1 Å². The summed E-state index contributed by atoms with van der Waals surface area (Å²) in [5.41, 5.74) is 1.69. The molecule has 0 saturated heterocycles. The maximum atomic E-state index is 12.4. The summed E-state index contributed by atoms with van der Waals surface area (Å²) in [4.78, 5) is 12.5. The Morgan fingerprint density at radius 2 is 1.52 bits per heavy atom. The van der Waals surface area contributed by atoms with E-state index in [4.69, 9.17) is 4.74 Å². The van der Waals surface area contributed by atoms with Crippen LogP contribution in [-0.4, -0.2) is 27.1 Å². The minimum Gasteiger partial charge on any atom is -0.497 e. The summed E-state index contributed by atoms with van der Waals surface area (Å²) in [5, 5.41) is 0. The van der Waals surface area contributed by atoms with Gasteiger partial charge in [0.15, 0.2) is 15.6 Å². The van der Waals surface area contributed by atoms with Gasteiger partial charge in [0.2, 0.25) is 0 Å². The highest BCUT2D eigenvalue weighted by Gasteiger charge is 2.18. The second-order valence-corrected chi connectivity index (χ2v) is 9.10. The standard InChI is InChI=1S/C20H24O4S/c1-20(2,3)16-7-5-15(6-8-16)19(21)13-14-25(22,23)18-11-9-17(24-4)10-12-18/h5-12H,13-14H2,1-4H3. The number of methoxy groups -OCH3 is 1. The molecule has 0 saturated carbocycles. The maximum absolute atomic E-state index is 12.4. The fourth-order valence-corrected chi connectivity index (χ4v) is 3.67. The molecule has 2 aromatic rings. The van der Waals surface area contributed by atoms with E-state index in [9.17, 15) is 13.2 Å². The van der Waals surface area contributed by atoms with Crippen LogP contribution in [0, 0.1) is 0 Å². The number of ketones is 1. The van der Waals surface area contributed by atoms with Crippen molar-refractivity contribution in [3.8, 4) is 5.75 Å². The number of carbonyl (C=O) groups is 1. The number of rotatable bonds is 6. The zero-order valence-corrected chi connectivity index (χ0v) is 15.9. The predicted octanol–water partition coefficient (Wildman–Crippen LogP) is 4.04. The molecule has 0 atom stereocenters. The normalized spacial score (nSPS) is 12.0. The van der Waals surface area contributed by atoms with Gasteiger partial charge in [0.05, 0.1) is 17.8 Å². The minimum atomic E-state index is -3.50. The number of ether oxygens (including phenoxy) is 1. The van der Waals surface area contributed by atoms with Gasteiger partial charge in [-0.15, -0.1) is 0 Å². The Morgan fingerprint density at radius 1 is 0.960 bits per heavy atom. The van der Waals surface area contributed by atoms with Gasteiger partial charge < -0.3 is 4.74 Å². The molecule has 0 aromatic heterocycles. The quantitative estimate of drug-likeness (QED) is 0.730. The van der Waals surface area contributed by atoms with Gasteiger partial charge in [-0.3, -0.25) is 4.79 Å². The molecule has 5 heteroatoms. The monoisotopic (exact) mass is 360 g/mol. The summed E-state index contributed by atoms with van der Waals surface area (Å²) in [6, 6.07) is 13.6. The van der Waals surface area contributed by atoms with Crippen molar-refractivity contribution in [1.82, 2.24) is 0 Å². The number of Topliss-reactive ketones (excluding diaryl/α,β-unsaturated/α-hetero) is 1. The van der Waals surface area contributed by atoms with Crippen molar-refractivity contribution >= 4 is 15.6 Å². The summed E-state index contributed by atoms with van der Waals surface area (Å²) in [5.74, 6) is 0.214. The van der Waals surface area contributed by atoms with Gasteiger partial charge in [-0.05, 0) is 35.2 Å². The van der Waals surface area contributed by atoms with E-state index in [0.717, 1.165) is 5.56 Å². The van der Waals surface area contributed by atoms with Crippen LogP contribution in [0.2, 0.25) is 0 Å². The van der Waals surface area contributed by atoms with Crippen molar-refractivity contribution in [2.75, 3.05) is 12.9 Å². The summed E-state index contributed by atoms with van der Waals surface area (Å²) in [6.45, 7) is 6.31. The summed E-state index contributed by atoms with van der Waals surface area (Å²) < 4.78 is 29.7. The lowest BCUT2D eigenvalue weighted by atomic mass is 9.86.